The molecule has 0 saturated carbocycles. The van der Waals surface area contributed by atoms with E-state index in [-0.39, 0.29) is 18.1 Å². The first-order chi connectivity index (χ1) is 8.17. The SMILES string of the molecule is CCNC(=O)CNC(=O)c1cnc(NC)cn1. The predicted octanol–water partition coefficient (Wildman–Crippen LogP) is -0.616. The van der Waals surface area contributed by atoms with E-state index in [2.05, 4.69) is 25.9 Å². The van der Waals surface area contributed by atoms with Gasteiger partial charge < -0.3 is 16.0 Å². The maximum absolute atomic E-state index is 11.5. The Hall–Kier alpha value is -2.18. The lowest BCUT2D eigenvalue weighted by Gasteiger charge is -2.05. The van der Waals surface area contributed by atoms with Crippen molar-refractivity contribution in [1.29, 1.82) is 0 Å². The number of nitrogens with one attached hydrogen (secondary N) is 3. The molecule has 1 rings (SSSR count). The minimum atomic E-state index is -0.425. The lowest BCUT2D eigenvalue weighted by atomic mass is 10.4. The number of nitrogens with zero attached hydrogens (tertiary/aromatic N) is 2. The topological polar surface area (TPSA) is 96.0 Å². The fraction of sp³-hybridized carbons (Fsp3) is 0.400. The second kappa shape index (κ2) is 6.41. The Morgan fingerprint density at radius 3 is 2.53 bits per heavy atom. The van der Waals surface area contributed by atoms with E-state index >= 15 is 0 Å². The third-order valence-electron chi connectivity index (χ3n) is 1.92. The van der Waals surface area contributed by atoms with Gasteiger partial charge in [0.15, 0.2) is 0 Å². The highest BCUT2D eigenvalue weighted by atomic mass is 16.2. The Morgan fingerprint density at radius 1 is 1.24 bits per heavy atom. The molecule has 0 saturated heterocycles. The number of hydrogen-bond donors (Lipinski definition) is 3. The van der Waals surface area contributed by atoms with Crippen LogP contribution in [0.3, 0.4) is 0 Å². The molecule has 0 aliphatic heterocycles. The molecule has 1 heterocycles. The van der Waals surface area contributed by atoms with E-state index in [1.807, 2.05) is 6.92 Å². The van der Waals surface area contributed by atoms with Gasteiger partial charge >= 0.3 is 0 Å². The first-order valence-corrected chi connectivity index (χ1v) is 5.22. The Labute approximate surface area is 99.0 Å². The number of rotatable bonds is 5. The maximum atomic E-state index is 11.5. The van der Waals surface area contributed by atoms with Crippen LogP contribution in [0.25, 0.3) is 0 Å². The minimum Gasteiger partial charge on any atom is -0.372 e. The monoisotopic (exact) mass is 237 g/mol. The van der Waals surface area contributed by atoms with Crippen molar-refractivity contribution in [3.63, 3.8) is 0 Å². The van der Waals surface area contributed by atoms with Crippen molar-refractivity contribution in [2.24, 2.45) is 0 Å². The zero-order valence-corrected chi connectivity index (χ0v) is 9.78. The molecule has 3 N–H and O–H groups in total. The summed E-state index contributed by atoms with van der Waals surface area (Å²) in [6.07, 6.45) is 2.79. The van der Waals surface area contributed by atoms with Gasteiger partial charge in [0.1, 0.15) is 11.5 Å². The molecule has 17 heavy (non-hydrogen) atoms. The van der Waals surface area contributed by atoms with Crippen LogP contribution in [0.5, 0.6) is 0 Å². The van der Waals surface area contributed by atoms with Crippen molar-refractivity contribution in [1.82, 2.24) is 20.6 Å². The van der Waals surface area contributed by atoms with Crippen molar-refractivity contribution in [3.05, 3.63) is 18.1 Å². The summed E-state index contributed by atoms with van der Waals surface area (Å²) < 4.78 is 0. The second-order valence-electron chi connectivity index (χ2n) is 3.17. The smallest absolute Gasteiger partial charge is 0.271 e. The summed E-state index contributed by atoms with van der Waals surface area (Å²) in [5.41, 5.74) is 0.174. The van der Waals surface area contributed by atoms with Crippen molar-refractivity contribution in [2.75, 3.05) is 25.5 Å². The van der Waals surface area contributed by atoms with E-state index in [1.54, 1.807) is 7.05 Å². The Bertz CT molecular complexity index is 390. The highest BCUT2D eigenvalue weighted by molar-refractivity contribution is 5.94. The Balaban J connectivity index is 2.49. The third-order valence-corrected chi connectivity index (χ3v) is 1.92. The molecule has 0 aromatic carbocycles. The van der Waals surface area contributed by atoms with Crippen molar-refractivity contribution >= 4 is 17.6 Å². The van der Waals surface area contributed by atoms with E-state index in [0.717, 1.165) is 0 Å². The van der Waals surface area contributed by atoms with Crippen LogP contribution in [0.2, 0.25) is 0 Å². The number of amides is 2. The van der Waals surface area contributed by atoms with Gasteiger partial charge in [0, 0.05) is 13.6 Å². The molecular formula is C10H15N5O2. The van der Waals surface area contributed by atoms with Gasteiger partial charge in [-0.3, -0.25) is 9.59 Å². The van der Waals surface area contributed by atoms with Crippen LogP contribution in [-0.4, -0.2) is 41.9 Å². The normalized spacial score (nSPS) is 9.53. The molecule has 0 atom stereocenters. The molecule has 1 aromatic rings. The molecule has 0 unspecified atom stereocenters. The van der Waals surface area contributed by atoms with Crippen LogP contribution in [-0.2, 0) is 4.79 Å². The number of anilines is 1. The van der Waals surface area contributed by atoms with Gasteiger partial charge in [0.25, 0.3) is 5.91 Å². The van der Waals surface area contributed by atoms with E-state index in [1.165, 1.54) is 12.4 Å². The average molecular weight is 237 g/mol. The molecule has 0 radical (unpaired) electrons. The van der Waals surface area contributed by atoms with E-state index in [9.17, 15) is 9.59 Å². The summed E-state index contributed by atoms with van der Waals surface area (Å²) in [4.78, 5) is 30.5. The zero-order valence-electron chi connectivity index (χ0n) is 9.78. The van der Waals surface area contributed by atoms with E-state index in [4.69, 9.17) is 0 Å². The number of hydrogen-bond acceptors (Lipinski definition) is 5. The number of carbonyl (C=O) groups excluding carboxylic acids is 2. The third kappa shape index (κ3) is 4.06. The molecule has 0 aliphatic rings. The van der Waals surface area contributed by atoms with Crippen LogP contribution >= 0.6 is 0 Å². The zero-order chi connectivity index (χ0) is 12.7. The summed E-state index contributed by atoms with van der Waals surface area (Å²) in [6, 6.07) is 0. The Kier molecular flexibility index (Phi) is 4.86. The summed E-state index contributed by atoms with van der Waals surface area (Å²) >= 11 is 0. The van der Waals surface area contributed by atoms with Crippen molar-refractivity contribution in [3.8, 4) is 0 Å². The standard InChI is InChI=1S/C10H15N5O2/c1-3-12-9(16)6-15-10(17)7-4-14-8(11-2)5-13-7/h4-5H,3,6H2,1-2H3,(H,11,14)(H,12,16)(H,15,17). The average Bonchev–Trinajstić information content (AvgIpc) is 2.36. The van der Waals surface area contributed by atoms with Crippen molar-refractivity contribution < 1.29 is 9.59 Å². The molecule has 0 aliphatic carbocycles. The van der Waals surface area contributed by atoms with Gasteiger partial charge in [-0.15, -0.1) is 0 Å². The van der Waals surface area contributed by atoms with Gasteiger partial charge in [-0.1, -0.05) is 0 Å². The van der Waals surface area contributed by atoms with E-state index < -0.39 is 5.91 Å². The minimum absolute atomic E-state index is 0.0673. The summed E-state index contributed by atoms with van der Waals surface area (Å²) in [5, 5.41) is 7.81. The maximum Gasteiger partial charge on any atom is 0.271 e. The molecule has 0 bridgehead atoms. The molecule has 2 amide bonds. The molecule has 1 aromatic heterocycles. The van der Waals surface area contributed by atoms with Crippen molar-refractivity contribution in [2.45, 2.75) is 6.92 Å². The largest absolute Gasteiger partial charge is 0.372 e. The molecule has 0 fully saturated rings. The summed E-state index contributed by atoms with van der Waals surface area (Å²) in [5.74, 6) is -0.0858. The van der Waals surface area contributed by atoms with E-state index in [0.29, 0.717) is 12.4 Å². The highest BCUT2D eigenvalue weighted by Crippen LogP contribution is 1.98. The molecule has 0 spiro atoms. The second-order valence-corrected chi connectivity index (χ2v) is 3.17. The van der Waals surface area contributed by atoms with Crippen LogP contribution in [0.4, 0.5) is 5.82 Å². The number of aromatic nitrogens is 2. The summed E-state index contributed by atoms with van der Waals surface area (Å²) in [7, 11) is 1.71. The quantitative estimate of drug-likeness (QED) is 0.634. The van der Waals surface area contributed by atoms with Gasteiger partial charge in [-0.25, -0.2) is 9.97 Å². The highest BCUT2D eigenvalue weighted by Gasteiger charge is 2.09. The van der Waals surface area contributed by atoms with Crippen LogP contribution in [0.15, 0.2) is 12.4 Å². The predicted molar refractivity (Wildman–Crippen MR) is 62.6 cm³/mol. The van der Waals surface area contributed by atoms with Gasteiger partial charge in [0.05, 0.1) is 18.9 Å². The van der Waals surface area contributed by atoms with Gasteiger partial charge in [-0.2, -0.15) is 0 Å². The number of likely N-dealkylation sites (N-methyl/N-ethyl adjacent to an activating group) is 1. The molecule has 7 heteroatoms. The Morgan fingerprint density at radius 2 is 2.00 bits per heavy atom. The molecular weight excluding hydrogens is 222 g/mol. The summed E-state index contributed by atoms with van der Waals surface area (Å²) in [6.45, 7) is 2.27. The molecule has 7 nitrogen and oxygen atoms in total. The van der Waals surface area contributed by atoms with Crippen LogP contribution in [0.1, 0.15) is 17.4 Å². The fourth-order valence-corrected chi connectivity index (χ4v) is 1.09. The van der Waals surface area contributed by atoms with Gasteiger partial charge in [-0.05, 0) is 6.92 Å². The van der Waals surface area contributed by atoms with Gasteiger partial charge in [0.2, 0.25) is 5.91 Å². The first-order valence-electron chi connectivity index (χ1n) is 5.22. The first kappa shape index (κ1) is 12.9. The fourth-order valence-electron chi connectivity index (χ4n) is 1.09. The molecule has 92 valence electrons. The van der Waals surface area contributed by atoms with Crippen LogP contribution < -0.4 is 16.0 Å². The lowest BCUT2D eigenvalue weighted by Crippen LogP contribution is -2.37. The lowest BCUT2D eigenvalue weighted by molar-refractivity contribution is -0.120. The number of carbonyl (C=O) groups is 2. The van der Waals surface area contributed by atoms with Crippen LogP contribution in [0, 0.1) is 0 Å².